The highest BCUT2D eigenvalue weighted by molar-refractivity contribution is 5.79. The van der Waals surface area contributed by atoms with Gasteiger partial charge in [-0.2, -0.15) is 13.2 Å². The summed E-state index contributed by atoms with van der Waals surface area (Å²) in [6, 6.07) is 3.99. The molecule has 3 nitrogen and oxygen atoms in total. The number of carbonyl (C=O) groups excluding carboxylic acids is 1. The number of hydrogen-bond acceptors (Lipinski definition) is 2. The maximum Gasteiger partial charge on any atom is 0.416 e. The summed E-state index contributed by atoms with van der Waals surface area (Å²) in [5.74, 6) is -0.614. The maximum atomic E-state index is 12.3. The van der Waals surface area contributed by atoms with Crippen LogP contribution in [0.25, 0.3) is 0 Å². The van der Waals surface area contributed by atoms with Crippen molar-refractivity contribution in [1.82, 2.24) is 0 Å². The Bertz CT molecular complexity index is 387. The average Bonchev–Trinajstić information content (AvgIpc) is 2.25. The monoisotopic (exact) mass is 246 g/mol. The Hall–Kier alpha value is -1.56. The largest absolute Gasteiger partial charge is 0.416 e. The maximum absolute atomic E-state index is 12.3. The summed E-state index contributed by atoms with van der Waals surface area (Å²) >= 11 is 0. The van der Waals surface area contributed by atoms with Crippen LogP contribution in [0, 0.1) is 0 Å². The summed E-state index contributed by atoms with van der Waals surface area (Å²) in [6.45, 7) is 0. The van der Waals surface area contributed by atoms with Gasteiger partial charge in [0.1, 0.15) is 0 Å². The standard InChI is InChI=1S/C11H13F3N2O/c12-11(13,14)8-4-1-7(2-5-8)3-6-9(15)10(16)17/h1-2,4-5,9H,3,6,15H2,(H2,16,17)/t9-/m1/s1. The average molecular weight is 246 g/mol. The molecule has 0 unspecified atom stereocenters. The van der Waals surface area contributed by atoms with Crippen LogP contribution in [0.4, 0.5) is 13.2 Å². The molecule has 1 atom stereocenters. The van der Waals surface area contributed by atoms with E-state index in [9.17, 15) is 18.0 Å². The fourth-order valence-corrected chi connectivity index (χ4v) is 1.32. The van der Waals surface area contributed by atoms with E-state index in [1.54, 1.807) is 0 Å². The van der Waals surface area contributed by atoms with Gasteiger partial charge in [0.2, 0.25) is 5.91 Å². The number of aryl methyl sites for hydroxylation is 1. The molecule has 0 spiro atoms. The quantitative estimate of drug-likeness (QED) is 0.844. The normalized spacial score (nSPS) is 13.4. The molecular weight excluding hydrogens is 233 g/mol. The molecular formula is C11H13F3N2O. The van der Waals surface area contributed by atoms with E-state index in [4.69, 9.17) is 11.5 Å². The van der Waals surface area contributed by atoms with Crippen molar-refractivity contribution in [3.05, 3.63) is 35.4 Å². The molecule has 0 aliphatic rings. The van der Waals surface area contributed by atoms with Gasteiger partial charge in [-0.05, 0) is 30.5 Å². The Morgan fingerprint density at radius 2 is 1.76 bits per heavy atom. The highest BCUT2D eigenvalue weighted by Crippen LogP contribution is 2.29. The fraction of sp³-hybridized carbons (Fsp3) is 0.364. The SMILES string of the molecule is NC(=O)[C@H](N)CCc1ccc(C(F)(F)F)cc1. The number of hydrogen-bond donors (Lipinski definition) is 2. The number of rotatable bonds is 4. The topological polar surface area (TPSA) is 69.1 Å². The number of alkyl halides is 3. The van der Waals surface area contributed by atoms with E-state index in [2.05, 4.69) is 0 Å². The van der Waals surface area contributed by atoms with E-state index in [0.717, 1.165) is 12.1 Å². The zero-order valence-corrected chi connectivity index (χ0v) is 9.00. The molecule has 0 bridgehead atoms. The van der Waals surface area contributed by atoms with Crippen LogP contribution in [0.1, 0.15) is 17.5 Å². The fourth-order valence-electron chi connectivity index (χ4n) is 1.32. The minimum atomic E-state index is -4.33. The number of amides is 1. The second kappa shape index (κ2) is 5.18. The van der Waals surface area contributed by atoms with Gasteiger partial charge in [-0.1, -0.05) is 12.1 Å². The third kappa shape index (κ3) is 4.07. The van der Waals surface area contributed by atoms with E-state index in [-0.39, 0.29) is 0 Å². The molecule has 0 aliphatic carbocycles. The molecule has 1 amide bonds. The van der Waals surface area contributed by atoms with Crippen LogP contribution in [0.15, 0.2) is 24.3 Å². The molecule has 4 N–H and O–H groups in total. The number of halogens is 3. The third-order valence-corrected chi connectivity index (χ3v) is 2.39. The van der Waals surface area contributed by atoms with Gasteiger partial charge in [-0.15, -0.1) is 0 Å². The van der Waals surface area contributed by atoms with E-state index in [1.165, 1.54) is 12.1 Å². The van der Waals surface area contributed by atoms with Gasteiger partial charge < -0.3 is 11.5 Å². The lowest BCUT2D eigenvalue weighted by molar-refractivity contribution is -0.137. The van der Waals surface area contributed by atoms with E-state index in [0.29, 0.717) is 18.4 Å². The second-order valence-corrected chi connectivity index (χ2v) is 3.74. The van der Waals surface area contributed by atoms with E-state index >= 15 is 0 Å². The van der Waals surface area contributed by atoms with Crippen molar-refractivity contribution in [1.29, 1.82) is 0 Å². The smallest absolute Gasteiger partial charge is 0.368 e. The zero-order chi connectivity index (χ0) is 13.1. The highest BCUT2D eigenvalue weighted by atomic mass is 19.4. The predicted molar refractivity (Wildman–Crippen MR) is 56.9 cm³/mol. The summed E-state index contributed by atoms with van der Waals surface area (Å²) in [5, 5.41) is 0. The molecule has 0 heterocycles. The number of carbonyl (C=O) groups is 1. The van der Waals surface area contributed by atoms with Crippen LogP contribution in [-0.2, 0) is 17.4 Å². The molecule has 0 fully saturated rings. The molecule has 6 heteroatoms. The van der Waals surface area contributed by atoms with Crippen molar-refractivity contribution < 1.29 is 18.0 Å². The number of benzene rings is 1. The number of primary amides is 1. The summed E-state index contributed by atoms with van der Waals surface area (Å²) in [7, 11) is 0. The van der Waals surface area contributed by atoms with Crippen molar-refractivity contribution in [2.45, 2.75) is 25.1 Å². The highest BCUT2D eigenvalue weighted by Gasteiger charge is 2.29. The van der Waals surface area contributed by atoms with E-state index in [1.807, 2.05) is 0 Å². The van der Waals surface area contributed by atoms with Gasteiger partial charge in [0.05, 0.1) is 11.6 Å². The zero-order valence-electron chi connectivity index (χ0n) is 9.00. The molecule has 94 valence electrons. The van der Waals surface area contributed by atoms with E-state index < -0.39 is 23.7 Å². The van der Waals surface area contributed by atoms with Gasteiger partial charge in [0, 0.05) is 0 Å². The summed E-state index contributed by atoms with van der Waals surface area (Å²) in [4.78, 5) is 10.7. The van der Waals surface area contributed by atoms with Crippen molar-refractivity contribution >= 4 is 5.91 Å². The Labute approximate surface area is 96.6 Å². The minimum Gasteiger partial charge on any atom is -0.368 e. The molecule has 1 aromatic carbocycles. The van der Waals surface area contributed by atoms with Gasteiger partial charge in [0.15, 0.2) is 0 Å². The lowest BCUT2D eigenvalue weighted by Crippen LogP contribution is -2.36. The predicted octanol–water partition coefficient (Wildman–Crippen LogP) is 1.45. The Morgan fingerprint density at radius 3 is 2.18 bits per heavy atom. The summed E-state index contributed by atoms with van der Waals surface area (Å²) in [6.07, 6.45) is -3.59. The van der Waals surface area contributed by atoms with Gasteiger partial charge in [-0.3, -0.25) is 4.79 Å². The third-order valence-electron chi connectivity index (χ3n) is 2.39. The van der Waals surface area contributed by atoms with Gasteiger partial charge in [0.25, 0.3) is 0 Å². The van der Waals surface area contributed by atoms with Gasteiger partial charge >= 0.3 is 6.18 Å². The Kier molecular flexibility index (Phi) is 4.11. The van der Waals surface area contributed by atoms with Crippen LogP contribution < -0.4 is 11.5 Å². The van der Waals surface area contributed by atoms with Crippen molar-refractivity contribution in [2.24, 2.45) is 11.5 Å². The Balaban J connectivity index is 2.60. The first kappa shape index (κ1) is 13.5. The molecule has 1 aromatic rings. The summed E-state index contributed by atoms with van der Waals surface area (Å²) in [5.41, 5.74) is 10.4. The van der Waals surface area contributed by atoms with Crippen LogP contribution in [-0.4, -0.2) is 11.9 Å². The van der Waals surface area contributed by atoms with Crippen molar-refractivity contribution in [2.75, 3.05) is 0 Å². The first-order chi connectivity index (χ1) is 7.80. The first-order valence-electron chi connectivity index (χ1n) is 5.01. The van der Waals surface area contributed by atoms with Crippen molar-refractivity contribution in [3.8, 4) is 0 Å². The lowest BCUT2D eigenvalue weighted by Gasteiger charge is -2.09. The Morgan fingerprint density at radius 1 is 1.24 bits per heavy atom. The second-order valence-electron chi connectivity index (χ2n) is 3.74. The minimum absolute atomic E-state index is 0.320. The van der Waals surface area contributed by atoms with Crippen LogP contribution in [0.2, 0.25) is 0 Å². The van der Waals surface area contributed by atoms with Crippen molar-refractivity contribution in [3.63, 3.8) is 0 Å². The molecule has 1 rings (SSSR count). The molecule has 0 aliphatic heterocycles. The molecule has 0 aromatic heterocycles. The summed E-state index contributed by atoms with van der Waals surface area (Å²) < 4.78 is 36.8. The lowest BCUT2D eigenvalue weighted by atomic mass is 10.0. The molecule has 17 heavy (non-hydrogen) atoms. The molecule has 0 radical (unpaired) electrons. The van der Waals surface area contributed by atoms with Crippen LogP contribution in [0.3, 0.4) is 0 Å². The number of nitrogens with two attached hydrogens (primary N) is 2. The first-order valence-corrected chi connectivity index (χ1v) is 5.01. The van der Waals surface area contributed by atoms with Crippen LogP contribution in [0.5, 0.6) is 0 Å². The van der Waals surface area contributed by atoms with Gasteiger partial charge in [-0.25, -0.2) is 0 Å². The van der Waals surface area contributed by atoms with Crippen LogP contribution >= 0.6 is 0 Å². The molecule has 0 saturated heterocycles. The molecule has 0 saturated carbocycles.